The number of carbonyl (C=O) groups excluding carboxylic acids is 2. The van der Waals surface area contributed by atoms with Crippen molar-refractivity contribution < 1.29 is 14.4 Å². The van der Waals surface area contributed by atoms with Crippen molar-refractivity contribution in [2.45, 2.75) is 19.4 Å². The first kappa shape index (κ1) is 21.6. The quantitative estimate of drug-likeness (QED) is 0.426. The molecule has 2 aromatic heterocycles. The molecule has 1 saturated heterocycles. The third-order valence-corrected chi connectivity index (χ3v) is 5.96. The number of fused-ring (bicyclic) bond motifs is 1. The van der Waals surface area contributed by atoms with Gasteiger partial charge in [-0.05, 0) is 36.2 Å². The van der Waals surface area contributed by atoms with Crippen LogP contribution in [0, 0.1) is 6.92 Å². The molecule has 0 saturated carbocycles. The van der Waals surface area contributed by atoms with Crippen molar-refractivity contribution in [3.63, 3.8) is 0 Å². The third kappa shape index (κ3) is 3.97. The SMILES string of the molecule is CNC(=O)c1n[nH]c2cc(-c3cnc(C)c(NC(=O)N4OCCC4c4ccccc4)c3)ccc12. The van der Waals surface area contributed by atoms with E-state index in [9.17, 15) is 9.59 Å². The molecular weight excluding hydrogens is 432 g/mol. The number of aromatic nitrogens is 3. The van der Waals surface area contributed by atoms with Gasteiger partial charge in [-0.15, -0.1) is 0 Å². The molecule has 1 aliphatic rings. The fraction of sp³-hybridized carbons (Fsp3) is 0.200. The van der Waals surface area contributed by atoms with Gasteiger partial charge in [0.25, 0.3) is 5.91 Å². The van der Waals surface area contributed by atoms with Crippen LogP contribution in [-0.2, 0) is 4.84 Å². The van der Waals surface area contributed by atoms with Gasteiger partial charge in [-0.3, -0.25) is 19.7 Å². The molecule has 9 heteroatoms. The Labute approximate surface area is 196 Å². The molecule has 3 amide bonds. The van der Waals surface area contributed by atoms with Gasteiger partial charge >= 0.3 is 6.03 Å². The average Bonchev–Trinajstić information content (AvgIpc) is 3.52. The van der Waals surface area contributed by atoms with E-state index in [1.54, 1.807) is 13.2 Å². The Morgan fingerprint density at radius 3 is 2.74 bits per heavy atom. The van der Waals surface area contributed by atoms with Crippen molar-refractivity contribution in [1.29, 1.82) is 0 Å². The number of urea groups is 1. The van der Waals surface area contributed by atoms with E-state index >= 15 is 0 Å². The lowest BCUT2D eigenvalue weighted by Crippen LogP contribution is -2.33. The van der Waals surface area contributed by atoms with Crippen LogP contribution in [0.3, 0.4) is 0 Å². The first-order chi connectivity index (χ1) is 16.5. The Morgan fingerprint density at radius 1 is 1.12 bits per heavy atom. The van der Waals surface area contributed by atoms with E-state index in [0.717, 1.165) is 34.0 Å². The summed E-state index contributed by atoms with van der Waals surface area (Å²) in [6.45, 7) is 2.32. The van der Waals surface area contributed by atoms with Crippen LogP contribution in [0.4, 0.5) is 10.5 Å². The van der Waals surface area contributed by atoms with Gasteiger partial charge in [0.2, 0.25) is 0 Å². The highest BCUT2D eigenvalue weighted by atomic mass is 16.7. The smallest absolute Gasteiger partial charge is 0.346 e. The molecule has 1 atom stereocenters. The van der Waals surface area contributed by atoms with Crippen molar-refractivity contribution >= 4 is 28.5 Å². The molecule has 3 heterocycles. The second-order valence-corrected chi connectivity index (χ2v) is 8.07. The molecule has 1 fully saturated rings. The molecule has 3 N–H and O–H groups in total. The van der Waals surface area contributed by atoms with Crippen molar-refractivity contribution in [3.05, 3.63) is 77.7 Å². The summed E-state index contributed by atoms with van der Waals surface area (Å²) in [4.78, 5) is 35.2. The Kier molecular flexibility index (Phi) is 5.69. The Hall–Kier alpha value is -4.24. The predicted molar refractivity (Wildman–Crippen MR) is 128 cm³/mol. The number of hydroxylamine groups is 2. The van der Waals surface area contributed by atoms with Gasteiger partial charge in [0.05, 0.1) is 29.5 Å². The number of amides is 3. The maximum atomic E-state index is 13.1. The summed E-state index contributed by atoms with van der Waals surface area (Å²) < 4.78 is 0. The van der Waals surface area contributed by atoms with Gasteiger partial charge in [0.1, 0.15) is 0 Å². The van der Waals surface area contributed by atoms with Crippen LogP contribution >= 0.6 is 0 Å². The highest BCUT2D eigenvalue weighted by molar-refractivity contribution is 6.05. The number of nitrogens with zero attached hydrogens (tertiary/aromatic N) is 3. The zero-order chi connectivity index (χ0) is 23.7. The van der Waals surface area contributed by atoms with E-state index in [-0.39, 0.29) is 18.0 Å². The summed E-state index contributed by atoms with van der Waals surface area (Å²) in [6, 6.07) is 16.9. The molecular formula is C25H24N6O3. The number of hydrogen-bond acceptors (Lipinski definition) is 5. The first-order valence-corrected chi connectivity index (χ1v) is 11.0. The minimum Gasteiger partial charge on any atom is -0.354 e. The molecule has 9 nitrogen and oxygen atoms in total. The van der Waals surface area contributed by atoms with Gasteiger partial charge in [-0.1, -0.05) is 36.4 Å². The largest absolute Gasteiger partial charge is 0.354 e. The van der Waals surface area contributed by atoms with Crippen molar-refractivity contribution in [1.82, 2.24) is 25.6 Å². The highest BCUT2D eigenvalue weighted by Gasteiger charge is 2.32. The summed E-state index contributed by atoms with van der Waals surface area (Å²) in [6.07, 6.45) is 2.48. The number of carbonyl (C=O) groups is 2. The number of nitrogens with one attached hydrogen (secondary N) is 3. The van der Waals surface area contributed by atoms with Gasteiger partial charge in [-0.2, -0.15) is 10.2 Å². The van der Waals surface area contributed by atoms with Crippen LogP contribution in [-0.4, -0.2) is 45.8 Å². The van der Waals surface area contributed by atoms with Crippen LogP contribution < -0.4 is 10.6 Å². The van der Waals surface area contributed by atoms with E-state index < -0.39 is 0 Å². The Balaban J connectivity index is 1.40. The number of rotatable bonds is 4. The number of pyridine rings is 1. The fourth-order valence-electron chi connectivity index (χ4n) is 4.13. The molecule has 5 rings (SSSR count). The van der Waals surface area contributed by atoms with Gasteiger partial charge in [0, 0.05) is 30.6 Å². The molecule has 0 aliphatic carbocycles. The minimum atomic E-state index is -0.340. The first-order valence-electron chi connectivity index (χ1n) is 11.0. The normalized spacial score (nSPS) is 15.5. The van der Waals surface area contributed by atoms with E-state index in [4.69, 9.17) is 4.84 Å². The topological polar surface area (TPSA) is 112 Å². The maximum absolute atomic E-state index is 13.1. The maximum Gasteiger partial charge on any atom is 0.346 e. The summed E-state index contributed by atoms with van der Waals surface area (Å²) in [5.74, 6) is -0.251. The number of hydrogen-bond donors (Lipinski definition) is 3. The van der Waals surface area contributed by atoms with Crippen LogP contribution in [0.25, 0.3) is 22.0 Å². The number of aromatic amines is 1. The number of anilines is 1. The van der Waals surface area contributed by atoms with Crippen molar-refractivity contribution in [2.75, 3.05) is 19.0 Å². The predicted octanol–water partition coefficient (Wildman–Crippen LogP) is 4.20. The van der Waals surface area contributed by atoms with Gasteiger partial charge in [0.15, 0.2) is 5.69 Å². The summed E-state index contributed by atoms with van der Waals surface area (Å²) in [5.41, 5.74) is 5.10. The molecule has 2 aromatic carbocycles. The molecule has 1 aliphatic heterocycles. The van der Waals surface area contributed by atoms with E-state index in [1.807, 2.05) is 61.5 Å². The fourth-order valence-corrected chi connectivity index (χ4v) is 4.13. The number of aryl methyl sites for hydroxylation is 1. The molecule has 1 unspecified atom stereocenters. The van der Waals surface area contributed by atoms with Crippen LogP contribution in [0.15, 0.2) is 60.8 Å². The van der Waals surface area contributed by atoms with Gasteiger partial charge < -0.3 is 10.6 Å². The number of benzene rings is 2. The van der Waals surface area contributed by atoms with Crippen molar-refractivity contribution in [3.8, 4) is 11.1 Å². The molecule has 0 spiro atoms. The zero-order valence-electron chi connectivity index (χ0n) is 18.8. The molecule has 34 heavy (non-hydrogen) atoms. The highest BCUT2D eigenvalue weighted by Crippen LogP contribution is 2.32. The average molecular weight is 457 g/mol. The van der Waals surface area contributed by atoms with Crippen LogP contribution in [0.5, 0.6) is 0 Å². The standard InChI is InChI=1S/C25H24N6O3/c1-15-20(28-25(33)31-22(10-11-34-31)16-6-4-3-5-7-16)13-18(14-27-15)17-8-9-19-21(12-17)29-30-23(19)24(32)26-2/h3-9,12-14,22H,10-11H2,1-2H3,(H,26,32)(H,28,33)(H,29,30). The monoisotopic (exact) mass is 456 g/mol. The third-order valence-electron chi connectivity index (χ3n) is 5.96. The van der Waals surface area contributed by atoms with E-state index in [1.165, 1.54) is 5.06 Å². The molecule has 172 valence electrons. The summed E-state index contributed by atoms with van der Waals surface area (Å²) in [5, 5.41) is 14.7. The van der Waals surface area contributed by atoms with E-state index in [2.05, 4.69) is 25.8 Å². The Morgan fingerprint density at radius 2 is 1.94 bits per heavy atom. The second-order valence-electron chi connectivity index (χ2n) is 8.07. The zero-order valence-corrected chi connectivity index (χ0v) is 18.8. The molecule has 4 aromatic rings. The minimum absolute atomic E-state index is 0.144. The van der Waals surface area contributed by atoms with Crippen LogP contribution in [0.1, 0.15) is 34.2 Å². The van der Waals surface area contributed by atoms with Crippen LogP contribution in [0.2, 0.25) is 0 Å². The summed E-state index contributed by atoms with van der Waals surface area (Å²) >= 11 is 0. The molecule has 0 bridgehead atoms. The number of H-pyrrole nitrogens is 1. The van der Waals surface area contributed by atoms with Gasteiger partial charge in [-0.25, -0.2) is 4.79 Å². The lowest BCUT2D eigenvalue weighted by atomic mass is 10.0. The lowest BCUT2D eigenvalue weighted by molar-refractivity contribution is -0.0829. The van der Waals surface area contributed by atoms with Crippen molar-refractivity contribution in [2.24, 2.45) is 0 Å². The summed E-state index contributed by atoms with van der Waals surface area (Å²) in [7, 11) is 1.57. The second kappa shape index (κ2) is 8.95. The van der Waals surface area contributed by atoms with E-state index in [0.29, 0.717) is 23.7 Å². The molecule has 0 radical (unpaired) electrons. The Bertz CT molecular complexity index is 1370. The lowest BCUT2D eigenvalue weighted by Gasteiger charge is -2.23.